The molecule has 3 amide bonds. The van der Waals surface area contributed by atoms with Gasteiger partial charge in [0.1, 0.15) is 17.7 Å². The molecule has 0 spiro atoms. The maximum atomic E-state index is 13.5. The summed E-state index contributed by atoms with van der Waals surface area (Å²) < 4.78 is 5.64. The number of benzene rings is 2. The van der Waals surface area contributed by atoms with Gasteiger partial charge in [-0.15, -0.1) is 0 Å². The summed E-state index contributed by atoms with van der Waals surface area (Å²) in [5.74, 6) is -0.530. The van der Waals surface area contributed by atoms with E-state index in [1.807, 2.05) is 49.4 Å². The molecule has 0 aromatic heterocycles. The number of likely N-dealkylation sites (tertiary alicyclic amines) is 1. The number of ether oxygens (including phenoxy) is 1. The zero-order valence-electron chi connectivity index (χ0n) is 24.5. The van der Waals surface area contributed by atoms with Gasteiger partial charge in [0, 0.05) is 32.7 Å². The van der Waals surface area contributed by atoms with Gasteiger partial charge in [0.05, 0.1) is 6.10 Å². The summed E-state index contributed by atoms with van der Waals surface area (Å²) in [6, 6.07) is 12.4. The largest absolute Gasteiger partial charge is 0.390 e. The Kier molecular flexibility index (Phi) is 11.5. The highest BCUT2D eigenvalue weighted by Crippen LogP contribution is 2.24. The molecule has 4 N–H and O–H groups in total. The highest BCUT2D eigenvalue weighted by atomic mass is 16.5. The average molecular weight is 555 g/mol. The van der Waals surface area contributed by atoms with Crippen LogP contribution in [0.25, 0.3) is 10.8 Å². The molecule has 1 aliphatic rings. The second kappa shape index (κ2) is 14.6. The van der Waals surface area contributed by atoms with Crippen LogP contribution in [0.2, 0.25) is 0 Å². The molecule has 9 nitrogen and oxygen atoms in total. The fourth-order valence-corrected chi connectivity index (χ4v) is 5.08. The number of carbonyl (C=O) groups excluding carboxylic acids is 3. The second-order valence-corrected chi connectivity index (χ2v) is 11.5. The fourth-order valence-electron chi connectivity index (χ4n) is 5.08. The third kappa shape index (κ3) is 8.74. The van der Waals surface area contributed by atoms with Crippen LogP contribution in [-0.4, -0.2) is 84.3 Å². The van der Waals surface area contributed by atoms with Gasteiger partial charge in [-0.3, -0.25) is 14.4 Å². The Labute approximate surface area is 238 Å². The minimum absolute atomic E-state index is 0.0601. The number of hydrogen-bond donors (Lipinski definition) is 4. The average Bonchev–Trinajstić information content (AvgIpc) is 3.40. The monoisotopic (exact) mass is 554 g/mol. The molecule has 1 heterocycles. The molecule has 0 aliphatic carbocycles. The summed E-state index contributed by atoms with van der Waals surface area (Å²) in [7, 11) is 0. The van der Waals surface area contributed by atoms with Crippen LogP contribution in [-0.2, 0) is 25.5 Å². The Morgan fingerprint density at radius 1 is 1.07 bits per heavy atom. The Balaban J connectivity index is 1.73. The SMILES string of the molecule is CCOC(C)(C)C(=O)N1CCC[C@H]1C(=O)N[C@H](Cc1ccc2ccccc2c1)C(=O)NCC(O)CNCC(C)C. The molecule has 0 radical (unpaired) electrons. The molecule has 9 heteroatoms. The minimum atomic E-state index is -1.04. The smallest absolute Gasteiger partial charge is 0.254 e. The molecule has 1 unspecified atom stereocenters. The lowest BCUT2D eigenvalue weighted by Gasteiger charge is -2.33. The lowest BCUT2D eigenvalue weighted by atomic mass is 10.0. The number of amides is 3. The van der Waals surface area contributed by atoms with Crippen molar-refractivity contribution in [3.05, 3.63) is 48.0 Å². The number of aliphatic hydroxyl groups is 1. The number of fused-ring (bicyclic) bond motifs is 1. The zero-order valence-corrected chi connectivity index (χ0v) is 24.5. The quantitative estimate of drug-likeness (QED) is 0.285. The van der Waals surface area contributed by atoms with Gasteiger partial charge in [0.25, 0.3) is 5.91 Å². The summed E-state index contributed by atoms with van der Waals surface area (Å²) in [6.45, 7) is 11.4. The predicted octanol–water partition coefficient (Wildman–Crippen LogP) is 2.40. The van der Waals surface area contributed by atoms with Crippen LogP contribution < -0.4 is 16.0 Å². The normalized spacial score (nSPS) is 17.2. The van der Waals surface area contributed by atoms with Gasteiger partial charge in [-0.05, 0) is 62.4 Å². The molecule has 3 atom stereocenters. The van der Waals surface area contributed by atoms with Gasteiger partial charge in [-0.1, -0.05) is 56.3 Å². The van der Waals surface area contributed by atoms with Crippen LogP contribution in [0.15, 0.2) is 42.5 Å². The van der Waals surface area contributed by atoms with Crippen LogP contribution in [0.4, 0.5) is 0 Å². The Hall–Kier alpha value is -3.01. The van der Waals surface area contributed by atoms with E-state index < -0.39 is 23.8 Å². The summed E-state index contributed by atoms with van der Waals surface area (Å²) in [6.07, 6.45) is 0.728. The van der Waals surface area contributed by atoms with Gasteiger partial charge >= 0.3 is 0 Å². The Bertz CT molecular complexity index is 1150. The van der Waals surface area contributed by atoms with E-state index in [1.165, 1.54) is 0 Å². The van der Waals surface area contributed by atoms with Crippen molar-refractivity contribution in [1.29, 1.82) is 0 Å². The predicted molar refractivity (Wildman–Crippen MR) is 157 cm³/mol. The molecule has 0 saturated carbocycles. The summed E-state index contributed by atoms with van der Waals surface area (Å²) in [4.78, 5) is 41.7. The topological polar surface area (TPSA) is 120 Å². The first-order valence-corrected chi connectivity index (χ1v) is 14.4. The van der Waals surface area contributed by atoms with Crippen LogP contribution >= 0.6 is 0 Å². The highest BCUT2D eigenvalue weighted by molar-refractivity contribution is 5.94. The van der Waals surface area contributed by atoms with Crippen molar-refractivity contribution in [1.82, 2.24) is 20.9 Å². The molecule has 2 aromatic carbocycles. The van der Waals surface area contributed by atoms with Gasteiger partial charge < -0.3 is 30.7 Å². The van der Waals surface area contributed by atoms with E-state index >= 15 is 0 Å². The Morgan fingerprint density at radius 2 is 1.80 bits per heavy atom. The molecule has 0 bridgehead atoms. The molecule has 2 aromatic rings. The highest BCUT2D eigenvalue weighted by Gasteiger charge is 2.41. The van der Waals surface area contributed by atoms with Crippen LogP contribution in [0, 0.1) is 5.92 Å². The molecule has 1 fully saturated rings. The second-order valence-electron chi connectivity index (χ2n) is 11.5. The van der Waals surface area contributed by atoms with Crippen molar-refractivity contribution in [2.24, 2.45) is 5.92 Å². The van der Waals surface area contributed by atoms with Crippen molar-refractivity contribution in [3.8, 4) is 0 Å². The Morgan fingerprint density at radius 3 is 2.50 bits per heavy atom. The summed E-state index contributed by atoms with van der Waals surface area (Å²) in [5, 5.41) is 21.4. The van der Waals surface area contributed by atoms with Gasteiger partial charge in [-0.2, -0.15) is 0 Å². The van der Waals surface area contributed by atoms with Crippen LogP contribution in [0.3, 0.4) is 0 Å². The zero-order chi connectivity index (χ0) is 29.3. The summed E-state index contributed by atoms with van der Waals surface area (Å²) in [5.41, 5.74) is -0.144. The molecule has 3 rings (SSSR count). The molecule has 1 aliphatic heterocycles. The van der Waals surface area contributed by atoms with E-state index in [1.54, 1.807) is 18.7 Å². The van der Waals surface area contributed by atoms with Gasteiger partial charge in [0.15, 0.2) is 0 Å². The molecule has 1 saturated heterocycles. The molecule has 220 valence electrons. The van der Waals surface area contributed by atoms with Crippen molar-refractivity contribution >= 4 is 28.5 Å². The van der Waals surface area contributed by atoms with Crippen LogP contribution in [0.1, 0.15) is 53.0 Å². The lowest BCUT2D eigenvalue weighted by molar-refractivity contribution is -0.157. The number of rotatable bonds is 14. The first-order chi connectivity index (χ1) is 19.0. The number of carbonyl (C=O) groups is 3. The molecular weight excluding hydrogens is 508 g/mol. The van der Waals surface area contributed by atoms with E-state index in [0.29, 0.717) is 38.5 Å². The first-order valence-electron chi connectivity index (χ1n) is 14.4. The van der Waals surface area contributed by atoms with E-state index in [-0.39, 0.29) is 30.7 Å². The van der Waals surface area contributed by atoms with E-state index in [4.69, 9.17) is 4.74 Å². The van der Waals surface area contributed by atoms with Crippen LogP contribution in [0.5, 0.6) is 0 Å². The standard InChI is InChI=1S/C31H46N4O5/c1-6-40-31(4,5)30(39)35-15-9-12-27(35)29(38)34-26(28(37)33-20-25(36)19-32-18-21(2)3)17-22-13-14-23-10-7-8-11-24(23)16-22/h7-8,10-11,13-14,16,21,25-27,32,36H,6,9,12,15,17-20H2,1-5H3,(H,33,37)(H,34,38)/t25?,26-,27+/m1/s1. The molecular formula is C31H46N4O5. The minimum Gasteiger partial charge on any atom is -0.390 e. The number of nitrogens with zero attached hydrogens (tertiary/aromatic N) is 1. The number of hydrogen-bond acceptors (Lipinski definition) is 6. The van der Waals surface area contributed by atoms with Crippen molar-refractivity contribution in [2.75, 3.05) is 32.8 Å². The maximum absolute atomic E-state index is 13.5. The van der Waals surface area contributed by atoms with Crippen molar-refractivity contribution in [2.45, 2.75) is 77.7 Å². The van der Waals surface area contributed by atoms with Crippen molar-refractivity contribution < 1.29 is 24.2 Å². The van der Waals surface area contributed by atoms with E-state index in [2.05, 4.69) is 29.8 Å². The third-order valence-electron chi connectivity index (χ3n) is 7.17. The maximum Gasteiger partial charge on any atom is 0.254 e. The van der Waals surface area contributed by atoms with Crippen molar-refractivity contribution in [3.63, 3.8) is 0 Å². The third-order valence-corrected chi connectivity index (χ3v) is 7.17. The van der Waals surface area contributed by atoms with E-state index in [9.17, 15) is 19.5 Å². The number of nitrogens with one attached hydrogen (secondary N) is 3. The number of aliphatic hydroxyl groups excluding tert-OH is 1. The first kappa shape index (κ1) is 31.5. The fraction of sp³-hybridized carbons (Fsp3) is 0.581. The van der Waals surface area contributed by atoms with Gasteiger partial charge in [0.2, 0.25) is 11.8 Å². The van der Waals surface area contributed by atoms with Gasteiger partial charge in [-0.25, -0.2) is 0 Å². The lowest BCUT2D eigenvalue weighted by Crippen LogP contribution is -2.57. The summed E-state index contributed by atoms with van der Waals surface area (Å²) >= 11 is 0. The van der Waals surface area contributed by atoms with E-state index in [0.717, 1.165) is 22.9 Å². The molecule has 40 heavy (non-hydrogen) atoms.